The first-order valence-corrected chi connectivity index (χ1v) is 6.65. The van der Waals surface area contributed by atoms with E-state index in [0.29, 0.717) is 6.61 Å². The summed E-state index contributed by atoms with van der Waals surface area (Å²) >= 11 is 5.19. The summed E-state index contributed by atoms with van der Waals surface area (Å²) < 4.78 is 6.45. The Morgan fingerprint density at radius 3 is 3.13 bits per heavy atom. The molecule has 1 aliphatic rings. The Hall–Kier alpha value is 0.0600. The molecule has 1 aromatic heterocycles. The third-order valence-electron chi connectivity index (χ3n) is 2.53. The van der Waals surface area contributed by atoms with Crippen LogP contribution in [0.1, 0.15) is 11.3 Å². The molecule has 0 bridgehead atoms. The molecule has 1 aliphatic heterocycles. The molecule has 1 saturated heterocycles. The highest BCUT2D eigenvalue weighted by Crippen LogP contribution is 2.20. The van der Waals surface area contributed by atoms with Gasteiger partial charge in [-0.1, -0.05) is 0 Å². The molecule has 3 nitrogen and oxygen atoms in total. The van der Waals surface area contributed by atoms with Crippen LogP contribution in [0.15, 0.2) is 15.9 Å². The van der Waals surface area contributed by atoms with Gasteiger partial charge in [-0.2, -0.15) is 0 Å². The summed E-state index contributed by atoms with van der Waals surface area (Å²) in [6.07, 6.45) is 0.953. The van der Waals surface area contributed by atoms with E-state index in [2.05, 4.69) is 32.7 Å². The van der Waals surface area contributed by atoms with E-state index in [0.717, 1.165) is 30.6 Å². The average molecular weight is 291 g/mol. The van der Waals surface area contributed by atoms with Crippen molar-refractivity contribution in [3.63, 3.8) is 0 Å². The van der Waals surface area contributed by atoms with Crippen molar-refractivity contribution in [3.05, 3.63) is 20.8 Å². The van der Waals surface area contributed by atoms with E-state index in [-0.39, 0.29) is 5.54 Å². The highest BCUT2D eigenvalue weighted by molar-refractivity contribution is 9.10. The lowest BCUT2D eigenvalue weighted by molar-refractivity contribution is 0.177. The monoisotopic (exact) mass is 290 g/mol. The van der Waals surface area contributed by atoms with Gasteiger partial charge in [0.05, 0.1) is 12.1 Å². The molecule has 1 fully saturated rings. The molecule has 0 aromatic carbocycles. The van der Waals surface area contributed by atoms with E-state index < -0.39 is 0 Å². The minimum absolute atomic E-state index is 0.158. The van der Waals surface area contributed by atoms with Crippen LogP contribution >= 0.6 is 27.3 Å². The standard InChI is InChI=1S/C10H15BrN2OS/c11-8-3-9(15-5-8)4-13-6-10(12)1-2-14-7-10/h3,5,13H,1-2,4,6-7,12H2. The normalized spacial score (nSPS) is 26.0. The molecule has 15 heavy (non-hydrogen) atoms. The van der Waals surface area contributed by atoms with E-state index in [4.69, 9.17) is 10.5 Å². The third-order valence-corrected chi connectivity index (χ3v) is 4.23. The number of halogens is 1. The molecule has 2 heterocycles. The molecule has 3 N–H and O–H groups in total. The lowest BCUT2D eigenvalue weighted by Crippen LogP contribution is -2.49. The summed E-state index contributed by atoms with van der Waals surface area (Å²) in [6.45, 7) is 3.18. The van der Waals surface area contributed by atoms with E-state index in [1.54, 1.807) is 11.3 Å². The van der Waals surface area contributed by atoms with Gasteiger partial charge >= 0.3 is 0 Å². The van der Waals surface area contributed by atoms with Crippen LogP contribution in [-0.2, 0) is 11.3 Å². The number of thiophene rings is 1. The van der Waals surface area contributed by atoms with Gasteiger partial charge in [0, 0.05) is 34.4 Å². The maximum atomic E-state index is 6.14. The van der Waals surface area contributed by atoms with Crippen molar-refractivity contribution in [2.45, 2.75) is 18.5 Å². The van der Waals surface area contributed by atoms with Gasteiger partial charge in [-0.3, -0.25) is 0 Å². The Labute approximate surface area is 102 Å². The van der Waals surface area contributed by atoms with Gasteiger partial charge in [-0.15, -0.1) is 11.3 Å². The second-order valence-corrected chi connectivity index (χ2v) is 5.91. The highest BCUT2D eigenvalue weighted by atomic mass is 79.9. The van der Waals surface area contributed by atoms with E-state index in [1.807, 2.05) is 0 Å². The molecule has 2 rings (SSSR count). The van der Waals surface area contributed by atoms with Gasteiger partial charge in [0.2, 0.25) is 0 Å². The molecule has 0 radical (unpaired) electrons. The lowest BCUT2D eigenvalue weighted by atomic mass is 10.0. The fraction of sp³-hybridized carbons (Fsp3) is 0.600. The van der Waals surface area contributed by atoms with Crippen molar-refractivity contribution in [2.75, 3.05) is 19.8 Å². The largest absolute Gasteiger partial charge is 0.379 e. The summed E-state index contributed by atoms with van der Waals surface area (Å²) in [7, 11) is 0. The van der Waals surface area contributed by atoms with Gasteiger partial charge in [0.1, 0.15) is 0 Å². The Morgan fingerprint density at radius 2 is 2.53 bits per heavy atom. The molecule has 0 spiro atoms. The third kappa shape index (κ3) is 3.26. The molecule has 0 amide bonds. The molecule has 84 valence electrons. The van der Waals surface area contributed by atoms with Crippen LogP contribution in [0.5, 0.6) is 0 Å². The lowest BCUT2D eigenvalue weighted by Gasteiger charge is -2.21. The SMILES string of the molecule is NC1(CNCc2cc(Br)cs2)CCOC1. The summed E-state index contributed by atoms with van der Waals surface area (Å²) in [5.41, 5.74) is 5.98. The average Bonchev–Trinajstić information content (AvgIpc) is 2.76. The molecule has 1 unspecified atom stereocenters. The zero-order chi connectivity index (χ0) is 10.7. The van der Waals surface area contributed by atoms with Crippen LogP contribution in [-0.4, -0.2) is 25.3 Å². The molecular formula is C10H15BrN2OS. The van der Waals surface area contributed by atoms with Gasteiger partial charge in [-0.25, -0.2) is 0 Å². The van der Waals surface area contributed by atoms with Gasteiger partial charge in [0.25, 0.3) is 0 Å². The van der Waals surface area contributed by atoms with Crippen LogP contribution < -0.4 is 11.1 Å². The zero-order valence-corrected chi connectivity index (χ0v) is 10.9. The van der Waals surface area contributed by atoms with Crippen LogP contribution in [0.4, 0.5) is 0 Å². The molecular weight excluding hydrogens is 276 g/mol. The first kappa shape index (κ1) is 11.5. The van der Waals surface area contributed by atoms with Crippen molar-refractivity contribution >= 4 is 27.3 Å². The molecule has 1 aromatic rings. The van der Waals surface area contributed by atoms with E-state index >= 15 is 0 Å². The second-order valence-electron chi connectivity index (χ2n) is 4.00. The van der Waals surface area contributed by atoms with Crippen molar-refractivity contribution in [2.24, 2.45) is 5.73 Å². The molecule has 5 heteroatoms. The topological polar surface area (TPSA) is 47.3 Å². The van der Waals surface area contributed by atoms with E-state index in [9.17, 15) is 0 Å². The Bertz CT molecular complexity index is 323. The second kappa shape index (κ2) is 4.93. The maximum Gasteiger partial charge on any atom is 0.0659 e. The molecule has 0 saturated carbocycles. The Balaban J connectivity index is 1.75. The zero-order valence-electron chi connectivity index (χ0n) is 8.46. The van der Waals surface area contributed by atoms with Crippen molar-refractivity contribution in [3.8, 4) is 0 Å². The smallest absolute Gasteiger partial charge is 0.0659 e. The van der Waals surface area contributed by atoms with Crippen molar-refractivity contribution in [1.29, 1.82) is 0 Å². The van der Waals surface area contributed by atoms with Crippen LogP contribution in [0.25, 0.3) is 0 Å². The molecule has 0 aliphatic carbocycles. The predicted octanol–water partition coefficient (Wildman–Crippen LogP) is 1.72. The first-order chi connectivity index (χ1) is 7.18. The fourth-order valence-electron chi connectivity index (χ4n) is 1.64. The van der Waals surface area contributed by atoms with Crippen LogP contribution in [0.2, 0.25) is 0 Å². The van der Waals surface area contributed by atoms with E-state index in [1.165, 1.54) is 4.88 Å². The maximum absolute atomic E-state index is 6.14. The number of rotatable bonds is 4. The van der Waals surface area contributed by atoms with Crippen LogP contribution in [0, 0.1) is 0 Å². The Morgan fingerprint density at radius 1 is 1.67 bits per heavy atom. The Kier molecular flexibility index (Phi) is 3.79. The minimum atomic E-state index is -0.158. The predicted molar refractivity (Wildman–Crippen MR) is 66.1 cm³/mol. The quantitative estimate of drug-likeness (QED) is 0.888. The minimum Gasteiger partial charge on any atom is -0.379 e. The number of hydrogen-bond donors (Lipinski definition) is 2. The first-order valence-electron chi connectivity index (χ1n) is 4.98. The van der Waals surface area contributed by atoms with Gasteiger partial charge in [0.15, 0.2) is 0 Å². The number of nitrogens with one attached hydrogen (secondary N) is 1. The summed E-state index contributed by atoms with van der Waals surface area (Å²) in [5, 5.41) is 5.47. The van der Waals surface area contributed by atoms with Crippen molar-refractivity contribution < 1.29 is 4.74 Å². The van der Waals surface area contributed by atoms with Crippen molar-refractivity contribution in [1.82, 2.24) is 5.32 Å². The number of hydrogen-bond acceptors (Lipinski definition) is 4. The van der Waals surface area contributed by atoms with Gasteiger partial charge < -0.3 is 15.8 Å². The summed E-state index contributed by atoms with van der Waals surface area (Å²) in [4.78, 5) is 1.32. The van der Waals surface area contributed by atoms with Gasteiger partial charge in [-0.05, 0) is 28.4 Å². The van der Waals surface area contributed by atoms with Crippen LogP contribution in [0.3, 0.4) is 0 Å². The highest BCUT2D eigenvalue weighted by Gasteiger charge is 2.29. The summed E-state index contributed by atoms with van der Waals surface area (Å²) in [6, 6.07) is 2.13. The number of nitrogens with two attached hydrogens (primary N) is 1. The number of ether oxygens (including phenoxy) is 1. The fourth-order valence-corrected chi connectivity index (χ4v) is 3.06. The molecule has 1 atom stereocenters. The summed E-state index contributed by atoms with van der Waals surface area (Å²) in [5.74, 6) is 0.